The Kier molecular flexibility index (Phi) is 6.22. The summed E-state index contributed by atoms with van der Waals surface area (Å²) < 4.78 is 38.9. The summed E-state index contributed by atoms with van der Waals surface area (Å²) in [6, 6.07) is 14.1. The summed E-state index contributed by atoms with van der Waals surface area (Å²) in [5, 5.41) is 3.40. The molecule has 1 N–H and O–H groups in total. The summed E-state index contributed by atoms with van der Waals surface area (Å²) in [4.78, 5) is 2.37. The first kappa shape index (κ1) is 19.9. The van der Waals surface area contributed by atoms with Crippen molar-refractivity contribution < 1.29 is 13.2 Å². The molecule has 0 aromatic heterocycles. The van der Waals surface area contributed by atoms with Crippen LogP contribution in [0.3, 0.4) is 0 Å². The van der Waals surface area contributed by atoms with Gasteiger partial charge in [-0.25, -0.2) is 0 Å². The van der Waals surface area contributed by atoms with Crippen molar-refractivity contribution in [2.24, 2.45) is 0 Å². The number of hydrogen-bond acceptors (Lipinski definition) is 2. The highest BCUT2D eigenvalue weighted by molar-refractivity contribution is 5.36. The van der Waals surface area contributed by atoms with Gasteiger partial charge in [0.25, 0.3) is 0 Å². The highest BCUT2D eigenvalue weighted by Gasteiger charge is 2.31. The lowest BCUT2D eigenvalue weighted by molar-refractivity contribution is -0.137. The summed E-state index contributed by atoms with van der Waals surface area (Å²) in [6.45, 7) is 7.97. The highest BCUT2D eigenvalue weighted by Crippen LogP contribution is 2.34. The fourth-order valence-corrected chi connectivity index (χ4v) is 3.66. The quantitative estimate of drug-likeness (QED) is 0.788. The zero-order valence-electron chi connectivity index (χ0n) is 15.9. The van der Waals surface area contributed by atoms with Crippen molar-refractivity contribution in [3.63, 3.8) is 0 Å². The molecule has 0 spiro atoms. The predicted octanol–water partition coefficient (Wildman–Crippen LogP) is 5.21. The average Bonchev–Trinajstić information content (AvgIpc) is 2.91. The van der Waals surface area contributed by atoms with E-state index in [4.69, 9.17) is 0 Å². The van der Waals surface area contributed by atoms with Gasteiger partial charge in [0.2, 0.25) is 0 Å². The molecule has 1 aliphatic heterocycles. The zero-order chi connectivity index (χ0) is 19.4. The lowest BCUT2D eigenvalue weighted by atomic mass is 9.93. The maximum Gasteiger partial charge on any atom is 0.416 e. The van der Waals surface area contributed by atoms with Crippen LogP contribution in [0.4, 0.5) is 13.2 Å². The monoisotopic (exact) mass is 376 g/mol. The molecule has 1 unspecified atom stereocenters. The Balaban J connectivity index is 1.96. The van der Waals surface area contributed by atoms with E-state index in [0.717, 1.165) is 43.7 Å². The topological polar surface area (TPSA) is 15.3 Å². The molecule has 27 heavy (non-hydrogen) atoms. The second-order valence-corrected chi connectivity index (χ2v) is 7.48. The van der Waals surface area contributed by atoms with E-state index in [9.17, 15) is 13.2 Å². The van der Waals surface area contributed by atoms with Crippen molar-refractivity contribution in [1.29, 1.82) is 0 Å². The first-order valence-electron chi connectivity index (χ1n) is 9.58. The van der Waals surface area contributed by atoms with Crippen LogP contribution in [-0.4, -0.2) is 31.1 Å². The minimum Gasteiger partial charge on any atom is -0.315 e. The van der Waals surface area contributed by atoms with Gasteiger partial charge < -0.3 is 5.32 Å². The van der Waals surface area contributed by atoms with Crippen LogP contribution in [0.15, 0.2) is 48.5 Å². The zero-order valence-corrected chi connectivity index (χ0v) is 15.9. The summed E-state index contributed by atoms with van der Waals surface area (Å²) >= 11 is 0. The van der Waals surface area contributed by atoms with Gasteiger partial charge >= 0.3 is 6.18 Å². The van der Waals surface area contributed by atoms with E-state index in [0.29, 0.717) is 5.92 Å². The Morgan fingerprint density at radius 2 is 1.37 bits per heavy atom. The normalized spacial score (nSPS) is 17.7. The Bertz CT molecular complexity index is 713. The Hall–Kier alpha value is -1.85. The van der Waals surface area contributed by atoms with Crippen LogP contribution in [0.1, 0.15) is 54.5 Å². The van der Waals surface area contributed by atoms with Gasteiger partial charge in [-0.1, -0.05) is 50.2 Å². The molecule has 3 rings (SSSR count). The van der Waals surface area contributed by atoms with Crippen molar-refractivity contribution in [2.45, 2.75) is 38.4 Å². The lowest BCUT2D eigenvalue weighted by Gasteiger charge is -2.31. The summed E-state index contributed by atoms with van der Waals surface area (Å²) in [6.07, 6.45) is -3.28. The van der Waals surface area contributed by atoms with Gasteiger partial charge in [-0.3, -0.25) is 4.90 Å². The standard InChI is InChI=1S/C22H27F3N2/c1-16(2)17-4-6-18(7-5-17)21(27-14-3-12-26-13-15-27)19-8-10-20(11-9-19)22(23,24)25/h4-11,16,21,26H,3,12-15H2,1-2H3. The smallest absolute Gasteiger partial charge is 0.315 e. The summed E-state index contributed by atoms with van der Waals surface area (Å²) in [7, 11) is 0. The van der Waals surface area contributed by atoms with Crippen LogP contribution in [0.2, 0.25) is 0 Å². The van der Waals surface area contributed by atoms with Crippen molar-refractivity contribution in [2.75, 3.05) is 26.2 Å². The van der Waals surface area contributed by atoms with E-state index in [1.165, 1.54) is 17.7 Å². The third-order valence-corrected chi connectivity index (χ3v) is 5.21. The molecule has 146 valence electrons. The molecular weight excluding hydrogens is 349 g/mol. The first-order valence-corrected chi connectivity index (χ1v) is 9.58. The van der Waals surface area contributed by atoms with Crippen LogP contribution in [0, 0.1) is 0 Å². The summed E-state index contributed by atoms with van der Waals surface area (Å²) in [5.74, 6) is 0.450. The SMILES string of the molecule is CC(C)c1ccc(C(c2ccc(C(F)(F)F)cc2)N2CCCNCC2)cc1. The first-order chi connectivity index (χ1) is 12.9. The molecule has 1 heterocycles. The lowest BCUT2D eigenvalue weighted by Crippen LogP contribution is -2.33. The second-order valence-electron chi connectivity index (χ2n) is 7.48. The molecule has 0 radical (unpaired) electrons. The Labute approximate surface area is 159 Å². The van der Waals surface area contributed by atoms with E-state index in [2.05, 4.69) is 48.3 Å². The van der Waals surface area contributed by atoms with Crippen molar-refractivity contribution in [3.05, 3.63) is 70.8 Å². The van der Waals surface area contributed by atoms with Gasteiger partial charge in [0.1, 0.15) is 0 Å². The molecule has 0 saturated carbocycles. The molecule has 0 bridgehead atoms. The summed E-state index contributed by atoms with van der Waals surface area (Å²) in [5.41, 5.74) is 2.70. The number of nitrogens with one attached hydrogen (secondary N) is 1. The van der Waals surface area contributed by atoms with E-state index in [1.807, 2.05) is 0 Å². The molecule has 1 fully saturated rings. The number of hydrogen-bond donors (Lipinski definition) is 1. The fraction of sp³-hybridized carbons (Fsp3) is 0.455. The second kappa shape index (κ2) is 8.44. The van der Waals surface area contributed by atoms with Crippen molar-refractivity contribution >= 4 is 0 Å². The minimum absolute atomic E-state index is 0.0339. The molecule has 5 heteroatoms. The molecule has 1 atom stereocenters. The Morgan fingerprint density at radius 3 is 1.93 bits per heavy atom. The van der Waals surface area contributed by atoms with E-state index >= 15 is 0 Å². The molecule has 1 aliphatic rings. The third kappa shape index (κ3) is 4.90. The molecule has 0 aliphatic carbocycles. The number of nitrogens with zero attached hydrogens (tertiary/aromatic N) is 1. The fourth-order valence-electron chi connectivity index (χ4n) is 3.66. The van der Waals surface area contributed by atoms with Crippen LogP contribution >= 0.6 is 0 Å². The molecular formula is C22H27F3N2. The maximum atomic E-state index is 13.0. The van der Waals surface area contributed by atoms with Gasteiger partial charge in [0.05, 0.1) is 11.6 Å². The largest absolute Gasteiger partial charge is 0.416 e. The van der Waals surface area contributed by atoms with Crippen molar-refractivity contribution in [3.8, 4) is 0 Å². The van der Waals surface area contributed by atoms with Gasteiger partial charge in [0.15, 0.2) is 0 Å². The molecule has 2 aromatic carbocycles. The van der Waals surface area contributed by atoms with Gasteiger partial charge in [-0.2, -0.15) is 13.2 Å². The number of benzene rings is 2. The number of rotatable bonds is 4. The molecule has 2 aromatic rings. The predicted molar refractivity (Wildman–Crippen MR) is 103 cm³/mol. The molecule has 1 saturated heterocycles. The van der Waals surface area contributed by atoms with Crippen LogP contribution in [0.5, 0.6) is 0 Å². The number of halogens is 3. The maximum absolute atomic E-state index is 13.0. The molecule has 0 amide bonds. The third-order valence-electron chi connectivity index (χ3n) is 5.21. The highest BCUT2D eigenvalue weighted by atomic mass is 19.4. The van der Waals surface area contributed by atoms with Gasteiger partial charge in [0, 0.05) is 19.6 Å². The van der Waals surface area contributed by atoms with Gasteiger partial charge in [-0.05, 0) is 47.7 Å². The Morgan fingerprint density at radius 1 is 0.815 bits per heavy atom. The average molecular weight is 376 g/mol. The van der Waals surface area contributed by atoms with Crippen molar-refractivity contribution in [1.82, 2.24) is 10.2 Å². The van der Waals surface area contributed by atoms with E-state index < -0.39 is 11.7 Å². The number of alkyl halides is 3. The van der Waals surface area contributed by atoms with E-state index in [1.54, 1.807) is 12.1 Å². The van der Waals surface area contributed by atoms with Crippen LogP contribution < -0.4 is 5.32 Å². The minimum atomic E-state index is -4.31. The van der Waals surface area contributed by atoms with Crippen LogP contribution in [0.25, 0.3) is 0 Å². The molecule has 2 nitrogen and oxygen atoms in total. The van der Waals surface area contributed by atoms with Gasteiger partial charge in [-0.15, -0.1) is 0 Å². The van der Waals surface area contributed by atoms with Crippen LogP contribution in [-0.2, 0) is 6.18 Å². The van der Waals surface area contributed by atoms with E-state index in [-0.39, 0.29) is 6.04 Å².